The van der Waals surface area contributed by atoms with Crippen LogP contribution in [0.2, 0.25) is 0 Å². The van der Waals surface area contributed by atoms with Crippen molar-refractivity contribution >= 4 is 0 Å². The van der Waals surface area contributed by atoms with E-state index in [-0.39, 0.29) is 12.2 Å². The Morgan fingerprint density at radius 1 is 1.25 bits per heavy atom. The van der Waals surface area contributed by atoms with Gasteiger partial charge in [-0.1, -0.05) is 6.92 Å². The molecule has 12 heavy (non-hydrogen) atoms. The SMILES string of the molecule is CC(O)CCN.CCC(O)CN. The first kappa shape index (κ1) is 14.4. The normalized spacial score (nSPS) is 14.5. The van der Waals surface area contributed by atoms with Crippen LogP contribution in [0.5, 0.6) is 0 Å². The fraction of sp³-hybridized carbons (Fsp3) is 1.00. The van der Waals surface area contributed by atoms with Gasteiger partial charge in [0.05, 0.1) is 12.2 Å². The van der Waals surface area contributed by atoms with Crippen LogP contribution in [0.4, 0.5) is 0 Å². The number of hydrogen-bond acceptors (Lipinski definition) is 4. The second kappa shape index (κ2) is 10.8. The number of aliphatic hydroxyl groups excluding tert-OH is 2. The molecule has 0 aromatic rings. The number of rotatable bonds is 4. The number of nitrogens with two attached hydrogens (primary N) is 2. The molecule has 0 heterocycles. The van der Waals surface area contributed by atoms with Crippen LogP contribution in [0, 0.1) is 0 Å². The van der Waals surface area contributed by atoms with Crippen LogP contribution in [0.3, 0.4) is 0 Å². The highest BCUT2D eigenvalue weighted by Crippen LogP contribution is 1.82. The first-order valence-corrected chi connectivity index (χ1v) is 4.34. The molecular weight excluding hydrogens is 156 g/mol. The summed E-state index contributed by atoms with van der Waals surface area (Å²) in [6.45, 7) is 4.60. The molecule has 0 saturated carbocycles. The van der Waals surface area contributed by atoms with Gasteiger partial charge in [-0.25, -0.2) is 0 Å². The summed E-state index contributed by atoms with van der Waals surface area (Å²) in [5.74, 6) is 0. The second-order valence-corrected chi connectivity index (χ2v) is 2.72. The van der Waals surface area contributed by atoms with Gasteiger partial charge in [0.15, 0.2) is 0 Å². The number of aliphatic hydroxyl groups is 2. The van der Waals surface area contributed by atoms with Gasteiger partial charge in [-0.3, -0.25) is 0 Å². The van der Waals surface area contributed by atoms with Crippen molar-refractivity contribution < 1.29 is 10.2 Å². The Morgan fingerprint density at radius 2 is 1.75 bits per heavy atom. The molecule has 0 fully saturated rings. The average Bonchev–Trinajstić information content (AvgIpc) is 2.04. The fourth-order valence-electron chi connectivity index (χ4n) is 0.408. The van der Waals surface area contributed by atoms with Crippen molar-refractivity contribution in [2.24, 2.45) is 11.5 Å². The van der Waals surface area contributed by atoms with Crippen LogP contribution in [0.1, 0.15) is 26.7 Å². The summed E-state index contributed by atoms with van der Waals surface area (Å²) in [6, 6.07) is 0. The first-order valence-electron chi connectivity index (χ1n) is 4.34. The van der Waals surface area contributed by atoms with Gasteiger partial charge < -0.3 is 21.7 Å². The lowest BCUT2D eigenvalue weighted by atomic mass is 10.3. The van der Waals surface area contributed by atoms with Crippen LogP contribution in [0.15, 0.2) is 0 Å². The van der Waals surface area contributed by atoms with Gasteiger partial charge >= 0.3 is 0 Å². The van der Waals surface area contributed by atoms with E-state index < -0.39 is 0 Å². The quantitative estimate of drug-likeness (QED) is 0.464. The highest BCUT2D eigenvalue weighted by molar-refractivity contribution is 4.48. The maximum Gasteiger partial charge on any atom is 0.0659 e. The van der Waals surface area contributed by atoms with Crippen LogP contribution >= 0.6 is 0 Å². The number of hydrogen-bond donors (Lipinski definition) is 4. The maximum absolute atomic E-state index is 8.54. The lowest BCUT2D eigenvalue weighted by molar-refractivity contribution is 0.179. The molecule has 0 amide bonds. The minimum atomic E-state index is -0.287. The van der Waals surface area contributed by atoms with Crippen molar-refractivity contribution in [1.82, 2.24) is 0 Å². The van der Waals surface area contributed by atoms with Crippen molar-refractivity contribution in [2.75, 3.05) is 13.1 Å². The van der Waals surface area contributed by atoms with Crippen molar-refractivity contribution in [3.63, 3.8) is 0 Å². The summed E-state index contributed by atoms with van der Waals surface area (Å²) in [4.78, 5) is 0. The van der Waals surface area contributed by atoms with Gasteiger partial charge in [0.25, 0.3) is 0 Å². The van der Waals surface area contributed by atoms with Gasteiger partial charge in [-0.15, -0.1) is 0 Å². The van der Waals surface area contributed by atoms with E-state index in [1.165, 1.54) is 0 Å². The Bertz CT molecular complexity index is 75.5. The maximum atomic E-state index is 8.54. The molecule has 6 N–H and O–H groups in total. The summed E-state index contributed by atoms with van der Waals surface area (Å²) in [6.07, 6.45) is 0.955. The Labute approximate surface area is 74.6 Å². The smallest absolute Gasteiger partial charge is 0.0659 e. The third kappa shape index (κ3) is 16.4. The van der Waals surface area contributed by atoms with Gasteiger partial charge in [0.1, 0.15) is 0 Å². The van der Waals surface area contributed by atoms with E-state index in [1.807, 2.05) is 6.92 Å². The summed E-state index contributed by atoms with van der Waals surface area (Å²) in [5, 5.41) is 17.0. The highest BCUT2D eigenvalue weighted by atomic mass is 16.3. The van der Waals surface area contributed by atoms with Crippen LogP contribution in [-0.4, -0.2) is 35.5 Å². The summed E-state index contributed by atoms with van der Waals surface area (Å²) in [5.41, 5.74) is 10.1. The third-order valence-corrected chi connectivity index (χ3v) is 1.33. The molecule has 4 heteroatoms. The van der Waals surface area contributed by atoms with Crippen molar-refractivity contribution in [1.29, 1.82) is 0 Å². The molecule has 0 spiro atoms. The van der Waals surface area contributed by atoms with E-state index in [1.54, 1.807) is 6.92 Å². The zero-order chi connectivity index (χ0) is 9.98. The molecule has 2 atom stereocenters. The largest absolute Gasteiger partial charge is 0.393 e. The molecule has 2 unspecified atom stereocenters. The summed E-state index contributed by atoms with van der Waals surface area (Å²) in [7, 11) is 0. The molecule has 0 radical (unpaired) electrons. The Hall–Kier alpha value is -0.160. The minimum absolute atomic E-state index is 0.227. The van der Waals surface area contributed by atoms with Crippen molar-refractivity contribution in [3.05, 3.63) is 0 Å². The predicted molar refractivity (Wildman–Crippen MR) is 50.7 cm³/mol. The molecular formula is C8H22N2O2. The lowest BCUT2D eigenvalue weighted by Crippen LogP contribution is -2.17. The van der Waals surface area contributed by atoms with E-state index in [0.717, 1.165) is 6.42 Å². The second-order valence-electron chi connectivity index (χ2n) is 2.72. The van der Waals surface area contributed by atoms with E-state index in [9.17, 15) is 0 Å². The molecule has 0 aromatic heterocycles. The fourth-order valence-corrected chi connectivity index (χ4v) is 0.408. The average molecular weight is 178 g/mol. The zero-order valence-corrected chi connectivity index (χ0v) is 8.03. The molecule has 0 aliphatic heterocycles. The Kier molecular flexibility index (Phi) is 13.0. The van der Waals surface area contributed by atoms with Gasteiger partial charge in [0.2, 0.25) is 0 Å². The Morgan fingerprint density at radius 3 is 1.75 bits per heavy atom. The van der Waals surface area contributed by atoms with Gasteiger partial charge in [-0.2, -0.15) is 0 Å². The third-order valence-electron chi connectivity index (χ3n) is 1.33. The van der Waals surface area contributed by atoms with E-state index in [0.29, 0.717) is 19.5 Å². The molecule has 0 aromatic carbocycles. The highest BCUT2D eigenvalue weighted by Gasteiger charge is 1.91. The van der Waals surface area contributed by atoms with Gasteiger partial charge in [-0.05, 0) is 26.3 Å². The zero-order valence-electron chi connectivity index (χ0n) is 8.03. The van der Waals surface area contributed by atoms with Crippen molar-refractivity contribution in [3.8, 4) is 0 Å². The molecule has 76 valence electrons. The molecule has 0 aliphatic carbocycles. The van der Waals surface area contributed by atoms with Crippen LogP contribution in [-0.2, 0) is 0 Å². The molecule has 0 rings (SSSR count). The van der Waals surface area contributed by atoms with E-state index in [2.05, 4.69) is 0 Å². The van der Waals surface area contributed by atoms with Gasteiger partial charge in [0, 0.05) is 6.54 Å². The summed E-state index contributed by atoms with van der Waals surface area (Å²) < 4.78 is 0. The van der Waals surface area contributed by atoms with Crippen molar-refractivity contribution in [2.45, 2.75) is 38.9 Å². The molecule has 0 saturated heterocycles. The molecule has 0 aliphatic rings. The molecule has 4 nitrogen and oxygen atoms in total. The Balaban J connectivity index is 0. The van der Waals surface area contributed by atoms with Crippen LogP contribution in [0.25, 0.3) is 0 Å². The topological polar surface area (TPSA) is 92.5 Å². The molecule has 0 bridgehead atoms. The lowest BCUT2D eigenvalue weighted by Gasteiger charge is -1.98. The monoisotopic (exact) mass is 178 g/mol. The van der Waals surface area contributed by atoms with E-state index >= 15 is 0 Å². The first-order chi connectivity index (χ1) is 5.58. The minimum Gasteiger partial charge on any atom is -0.393 e. The predicted octanol–water partition coefficient (Wildman–Crippen LogP) is -0.568. The van der Waals surface area contributed by atoms with Crippen LogP contribution < -0.4 is 11.5 Å². The standard InChI is InChI=1S/2C4H11NO/c1-4(6)2-3-5;1-2-4(6)3-5/h2*4,6H,2-3,5H2,1H3. The summed E-state index contributed by atoms with van der Waals surface area (Å²) >= 11 is 0. The van der Waals surface area contributed by atoms with E-state index in [4.69, 9.17) is 21.7 Å².